The largest absolute Gasteiger partial charge is 0.364 e. The summed E-state index contributed by atoms with van der Waals surface area (Å²) in [6, 6.07) is 4.89. The summed E-state index contributed by atoms with van der Waals surface area (Å²) in [5, 5.41) is 3.81. The highest BCUT2D eigenvalue weighted by molar-refractivity contribution is 5.47. The van der Waals surface area contributed by atoms with Gasteiger partial charge in [0.2, 0.25) is 0 Å². The lowest BCUT2D eigenvalue weighted by Gasteiger charge is -2.50. The van der Waals surface area contributed by atoms with E-state index in [1.54, 1.807) is 0 Å². The van der Waals surface area contributed by atoms with Crippen LogP contribution in [0.2, 0.25) is 0 Å². The van der Waals surface area contributed by atoms with E-state index in [4.69, 9.17) is 0 Å². The summed E-state index contributed by atoms with van der Waals surface area (Å²) in [5.41, 5.74) is 2.60. The highest BCUT2D eigenvalue weighted by Gasteiger charge is 2.37. The van der Waals surface area contributed by atoms with Gasteiger partial charge in [-0.05, 0) is 37.8 Å². The van der Waals surface area contributed by atoms with Crippen molar-refractivity contribution in [2.24, 2.45) is 5.92 Å². The molecule has 0 radical (unpaired) electrons. The summed E-state index contributed by atoms with van der Waals surface area (Å²) in [6.45, 7) is 13.4. The fourth-order valence-corrected chi connectivity index (χ4v) is 3.16. The van der Waals surface area contributed by atoms with Gasteiger partial charge in [0.15, 0.2) is 0 Å². The average Bonchev–Trinajstić information content (AvgIpc) is 2.47. The molecular weight excluding hydrogens is 246 g/mol. The molecule has 3 nitrogen and oxygen atoms in total. The minimum absolute atomic E-state index is 0.246. The van der Waals surface area contributed by atoms with Gasteiger partial charge in [-0.2, -0.15) is 0 Å². The van der Waals surface area contributed by atoms with Crippen LogP contribution < -0.4 is 10.2 Å². The molecule has 1 aliphatic heterocycles. The second-order valence-corrected chi connectivity index (χ2v) is 6.47. The van der Waals surface area contributed by atoms with Crippen LogP contribution in [0.4, 0.5) is 5.69 Å². The summed E-state index contributed by atoms with van der Waals surface area (Å²) < 4.78 is 0. The van der Waals surface area contributed by atoms with E-state index < -0.39 is 0 Å². The molecule has 1 fully saturated rings. The maximum Gasteiger partial charge on any atom is 0.0556 e. The number of nitrogens with zero attached hydrogens (tertiary/aromatic N) is 2. The number of anilines is 1. The van der Waals surface area contributed by atoms with E-state index in [0.29, 0.717) is 12.0 Å². The van der Waals surface area contributed by atoms with Crippen LogP contribution in [0.3, 0.4) is 0 Å². The topological polar surface area (TPSA) is 28.2 Å². The molecule has 1 aliphatic rings. The van der Waals surface area contributed by atoms with Crippen LogP contribution in [0.1, 0.15) is 46.2 Å². The molecule has 1 aromatic rings. The first-order valence-electron chi connectivity index (χ1n) is 7.95. The van der Waals surface area contributed by atoms with Gasteiger partial charge < -0.3 is 10.2 Å². The van der Waals surface area contributed by atoms with Gasteiger partial charge in [-0.1, -0.05) is 27.7 Å². The van der Waals surface area contributed by atoms with Crippen molar-refractivity contribution < 1.29 is 0 Å². The molecule has 0 bridgehead atoms. The lowest BCUT2D eigenvalue weighted by molar-refractivity contribution is 0.227. The third-order valence-corrected chi connectivity index (χ3v) is 4.91. The smallest absolute Gasteiger partial charge is 0.0556 e. The van der Waals surface area contributed by atoms with E-state index >= 15 is 0 Å². The molecule has 1 aromatic heterocycles. The summed E-state index contributed by atoms with van der Waals surface area (Å²) in [5.74, 6) is 0.635. The van der Waals surface area contributed by atoms with Crippen LogP contribution in [0.5, 0.6) is 0 Å². The minimum Gasteiger partial charge on any atom is -0.364 e. The van der Waals surface area contributed by atoms with Crippen LogP contribution in [0.25, 0.3) is 0 Å². The van der Waals surface area contributed by atoms with Crippen molar-refractivity contribution in [3.63, 3.8) is 0 Å². The molecule has 2 heterocycles. The van der Waals surface area contributed by atoms with Crippen molar-refractivity contribution in [3.05, 3.63) is 24.0 Å². The third kappa shape index (κ3) is 2.98. The Kier molecular flexibility index (Phi) is 4.69. The zero-order valence-electron chi connectivity index (χ0n) is 13.6. The van der Waals surface area contributed by atoms with E-state index in [1.165, 1.54) is 18.5 Å². The molecule has 3 heteroatoms. The van der Waals surface area contributed by atoms with Crippen LogP contribution >= 0.6 is 0 Å². The van der Waals surface area contributed by atoms with E-state index in [1.807, 2.05) is 13.1 Å². The second kappa shape index (κ2) is 6.13. The van der Waals surface area contributed by atoms with Gasteiger partial charge in [-0.15, -0.1) is 0 Å². The van der Waals surface area contributed by atoms with Gasteiger partial charge in [0.05, 0.1) is 11.9 Å². The van der Waals surface area contributed by atoms with Crippen molar-refractivity contribution >= 4 is 5.69 Å². The maximum atomic E-state index is 4.49. The molecule has 0 aliphatic carbocycles. The molecule has 1 unspecified atom stereocenters. The van der Waals surface area contributed by atoms with Crippen LogP contribution in [-0.2, 0) is 0 Å². The molecule has 0 amide bonds. The Hall–Kier alpha value is -1.09. The van der Waals surface area contributed by atoms with E-state index in [-0.39, 0.29) is 5.54 Å². The normalized spacial score (nSPS) is 22.3. The van der Waals surface area contributed by atoms with Crippen molar-refractivity contribution in [2.45, 2.75) is 59.0 Å². The van der Waals surface area contributed by atoms with Gasteiger partial charge >= 0.3 is 0 Å². The Bertz CT molecular complexity index is 420. The minimum atomic E-state index is 0.246. The molecule has 1 saturated heterocycles. The molecule has 2 rings (SSSR count). The van der Waals surface area contributed by atoms with Gasteiger partial charge in [0.25, 0.3) is 0 Å². The lowest BCUT2D eigenvalue weighted by Crippen LogP contribution is -2.65. The first kappa shape index (κ1) is 15.3. The molecule has 0 saturated carbocycles. The van der Waals surface area contributed by atoms with Gasteiger partial charge in [0, 0.05) is 30.4 Å². The SMILES string of the molecule is CCC1(CC)CN(c2ccc(C)nc2)C(C(C)C)CN1. The number of pyridine rings is 1. The number of aryl methyl sites for hydroxylation is 1. The first-order valence-corrected chi connectivity index (χ1v) is 7.95. The number of aromatic nitrogens is 1. The van der Waals surface area contributed by atoms with Crippen molar-refractivity contribution in [1.29, 1.82) is 0 Å². The summed E-state index contributed by atoms with van der Waals surface area (Å²) >= 11 is 0. The summed E-state index contributed by atoms with van der Waals surface area (Å²) in [4.78, 5) is 7.06. The first-order chi connectivity index (χ1) is 9.51. The molecule has 0 spiro atoms. The lowest BCUT2D eigenvalue weighted by atomic mass is 9.86. The molecular formula is C17H29N3. The Balaban J connectivity index is 2.29. The Morgan fingerprint density at radius 2 is 2.05 bits per heavy atom. The van der Waals surface area contributed by atoms with Crippen LogP contribution in [0.15, 0.2) is 18.3 Å². The third-order valence-electron chi connectivity index (χ3n) is 4.91. The number of hydrogen-bond donors (Lipinski definition) is 1. The molecule has 0 aromatic carbocycles. The average molecular weight is 275 g/mol. The predicted molar refractivity (Wildman–Crippen MR) is 86.3 cm³/mol. The highest BCUT2D eigenvalue weighted by atomic mass is 15.3. The van der Waals surface area contributed by atoms with Crippen molar-refractivity contribution in [1.82, 2.24) is 10.3 Å². The number of hydrogen-bond acceptors (Lipinski definition) is 3. The van der Waals surface area contributed by atoms with E-state index in [9.17, 15) is 0 Å². The van der Waals surface area contributed by atoms with Crippen LogP contribution in [-0.4, -0.2) is 29.7 Å². The second-order valence-electron chi connectivity index (χ2n) is 6.47. The van der Waals surface area contributed by atoms with Gasteiger partial charge in [-0.3, -0.25) is 4.98 Å². The summed E-state index contributed by atoms with van der Waals surface area (Å²) in [6.07, 6.45) is 4.38. The number of nitrogens with one attached hydrogen (secondary N) is 1. The zero-order valence-corrected chi connectivity index (χ0v) is 13.6. The number of rotatable bonds is 4. The predicted octanol–water partition coefficient (Wildman–Crippen LogP) is 3.38. The van der Waals surface area contributed by atoms with Gasteiger partial charge in [-0.25, -0.2) is 0 Å². The fourth-order valence-electron chi connectivity index (χ4n) is 3.16. The van der Waals surface area contributed by atoms with E-state index in [0.717, 1.165) is 18.8 Å². The molecule has 1 atom stereocenters. The molecule has 112 valence electrons. The van der Waals surface area contributed by atoms with E-state index in [2.05, 4.69) is 55.0 Å². The zero-order chi connectivity index (χ0) is 14.8. The quantitative estimate of drug-likeness (QED) is 0.913. The Morgan fingerprint density at radius 1 is 1.35 bits per heavy atom. The number of piperazine rings is 1. The highest BCUT2D eigenvalue weighted by Crippen LogP contribution is 2.29. The fraction of sp³-hybridized carbons (Fsp3) is 0.706. The summed E-state index contributed by atoms with van der Waals surface area (Å²) in [7, 11) is 0. The Morgan fingerprint density at radius 3 is 2.55 bits per heavy atom. The molecule has 1 N–H and O–H groups in total. The van der Waals surface area contributed by atoms with Crippen LogP contribution in [0, 0.1) is 12.8 Å². The standard InChI is InChI=1S/C17H29N3/c1-6-17(7-2)12-20(16(11-19-17)13(3)4)15-9-8-14(5)18-10-15/h8-10,13,16,19H,6-7,11-12H2,1-5H3. The maximum absolute atomic E-state index is 4.49. The molecule has 20 heavy (non-hydrogen) atoms. The van der Waals surface area contributed by atoms with Crippen molar-refractivity contribution in [2.75, 3.05) is 18.0 Å². The Labute approximate surface area is 123 Å². The monoisotopic (exact) mass is 275 g/mol. The van der Waals surface area contributed by atoms with Crippen molar-refractivity contribution in [3.8, 4) is 0 Å². The van der Waals surface area contributed by atoms with Gasteiger partial charge in [0.1, 0.15) is 0 Å².